The van der Waals surface area contributed by atoms with Crippen LogP contribution in [-0.4, -0.2) is 31.1 Å². The molecule has 0 amide bonds. The Morgan fingerprint density at radius 3 is 2.64 bits per heavy atom. The van der Waals surface area contributed by atoms with Crippen LogP contribution in [0.5, 0.6) is 0 Å². The average Bonchev–Trinajstić information content (AvgIpc) is 2.17. The number of hydrogen-bond acceptors (Lipinski definition) is 0. The van der Waals surface area contributed by atoms with Crippen molar-refractivity contribution < 1.29 is 17.0 Å². The van der Waals surface area contributed by atoms with E-state index in [0.717, 1.165) is 13.0 Å². The largest absolute Gasteiger partial charge is 1.00 e. The molecular weight excluding hydrogens is 196 g/mol. The van der Waals surface area contributed by atoms with Gasteiger partial charge in [-0.25, -0.2) is 0 Å². The molecule has 76 valence electrons. The maximum absolute atomic E-state index is 3.42. The van der Waals surface area contributed by atoms with E-state index < -0.39 is 0 Å². The molecule has 1 aliphatic heterocycles. The summed E-state index contributed by atoms with van der Waals surface area (Å²) in [6.45, 7) is 1.05. The molecule has 0 atom stereocenters. The second kappa shape index (κ2) is 4.47. The van der Waals surface area contributed by atoms with Gasteiger partial charge >= 0.3 is 0 Å². The van der Waals surface area contributed by atoms with Crippen LogP contribution in [0.15, 0.2) is 24.3 Å². The Kier molecular flexibility index (Phi) is 3.53. The standard InChI is InChI=1S/C11H14N2.ClH/c1-13(2)11-10-6-4-3-5-9(10)7-8-12-11;/h3-6H,7-8H2,1-2H3;1H. The Bertz CT molecular complexity index is 354. The highest BCUT2D eigenvalue weighted by molar-refractivity contribution is 5.97. The zero-order valence-corrected chi connectivity index (χ0v) is 9.30. The van der Waals surface area contributed by atoms with E-state index in [1.54, 1.807) is 0 Å². The Hall–Kier alpha value is -1.02. The summed E-state index contributed by atoms with van der Waals surface area (Å²) in [5.74, 6) is 1.24. The summed E-state index contributed by atoms with van der Waals surface area (Å²) in [7, 11) is 4.15. The van der Waals surface area contributed by atoms with Crippen molar-refractivity contribution in [3.05, 3.63) is 35.4 Å². The molecular formula is C11H15ClN2. The van der Waals surface area contributed by atoms with Crippen molar-refractivity contribution in [1.82, 2.24) is 5.32 Å². The first-order valence-electron chi connectivity index (χ1n) is 4.65. The van der Waals surface area contributed by atoms with Gasteiger partial charge in [-0.1, -0.05) is 18.2 Å². The molecule has 0 bridgehead atoms. The van der Waals surface area contributed by atoms with Crippen LogP contribution in [-0.2, 0) is 6.42 Å². The zero-order valence-electron chi connectivity index (χ0n) is 8.55. The third kappa shape index (κ3) is 1.90. The van der Waals surface area contributed by atoms with E-state index in [1.807, 2.05) is 0 Å². The van der Waals surface area contributed by atoms with Gasteiger partial charge in [-0.2, -0.15) is 0 Å². The topological polar surface area (TPSA) is 15.0 Å². The van der Waals surface area contributed by atoms with Gasteiger partial charge in [0.05, 0.1) is 26.2 Å². The van der Waals surface area contributed by atoms with Crippen LogP contribution in [0.3, 0.4) is 0 Å². The van der Waals surface area contributed by atoms with Crippen molar-refractivity contribution in [3.8, 4) is 0 Å². The molecule has 2 nitrogen and oxygen atoms in total. The molecule has 0 spiro atoms. The van der Waals surface area contributed by atoms with Gasteiger partial charge in [0.15, 0.2) is 0 Å². The van der Waals surface area contributed by atoms with Gasteiger partial charge < -0.3 is 12.4 Å². The smallest absolute Gasteiger partial charge is 0.276 e. The molecule has 0 saturated carbocycles. The van der Waals surface area contributed by atoms with Gasteiger partial charge in [0.25, 0.3) is 5.84 Å². The van der Waals surface area contributed by atoms with Crippen molar-refractivity contribution in [2.75, 3.05) is 20.6 Å². The number of nitrogens with zero attached hydrogens (tertiary/aromatic N) is 1. The number of rotatable bonds is 0. The summed E-state index contributed by atoms with van der Waals surface area (Å²) in [5, 5.41) is 3.42. The van der Waals surface area contributed by atoms with Gasteiger partial charge in [-0.3, -0.25) is 9.89 Å². The molecule has 0 unspecified atom stereocenters. The Balaban J connectivity index is 0.000000980. The van der Waals surface area contributed by atoms with E-state index in [1.165, 1.54) is 17.0 Å². The van der Waals surface area contributed by atoms with Crippen LogP contribution in [0.4, 0.5) is 0 Å². The lowest BCUT2D eigenvalue weighted by atomic mass is 10.0. The highest BCUT2D eigenvalue weighted by Gasteiger charge is 2.19. The van der Waals surface area contributed by atoms with E-state index in [-0.39, 0.29) is 12.4 Å². The minimum absolute atomic E-state index is 0. The summed E-state index contributed by atoms with van der Waals surface area (Å²) in [4.78, 5) is 0. The lowest BCUT2D eigenvalue weighted by molar-refractivity contribution is -0.466. The van der Waals surface area contributed by atoms with Crippen molar-refractivity contribution in [2.45, 2.75) is 6.42 Å². The van der Waals surface area contributed by atoms with Gasteiger partial charge in [0.1, 0.15) is 0 Å². The van der Waals surface area contributed by atoms with Crippen molar-refractivity contribution in [3.63, 3.8) is 0 Å². The molecule has 1 N–H and O–H groups in total. The third-order valence-corrected chi connectivity index (χ3v) is 2.41. The monoisotopic (exact) mass is 210 g/mol. The maximum atomic E-state index is 3.42. The first-order valence-corrected chi connectivity index (χ1v) is 4.65. The fourth-order valence-electron chi connectivity index (χ4n) is 1.78. The first-order chi connectivity index (χ1) is 6.29. The van der Waals surface area contributed by atoms with E-state index in [2.05, 4.69) is 48.3 Å². The van der Waals surface area contributed by atoms with E-state index in [9.17, 15) is 0 Å². The Morgan fingerprint density at radius 2 is 1.93 bits per heavy atom. The summed E-state index contributed by atoms with van der Waals surface area (Å²) in [5.41, 5.74) is 2.80. The van der Waals surface area contributed by atoms with Crippen LogP contribution in [0, 0.1) is 0 Å². The number of hydrogen-bond donors (Lipinski definition) is 1. The molecule has 1 aromatic carbocycles. The molecule has 1 heterocycles. The van der Waals surface area contributed by atoms with Gasteiger partial charge in [-0.15, -0.1) is 0 Å². The SMILES string of the molecule is C[N+](C)=C1NCCc2ccccc21.[Cl-]. The van der Waals surface area contributed by atoms with Crippen LogP contribution in [0.1, 0.15) is 11.1 Å². The second-order valence-corrected chi connectivity index (χ2v) is 3.58. The number of halogens is 1. The minimum atomic E-state index is 0. The first kappa shape index (κ1) is 11.1. The van der Waals surface area contributed by atoms with Crippen molar-refractivity contribution >= 4 is 5.84 Å². The fraction of sp³-hybridized carbons (Fsp3) is 0.364. The molecule has 0 saturated heterocycles. The highest BCUT2D eigenvalue weighted by Crippen LogP contribution is 2.12. The van der Waals surface area contributed by atoms with Crippen LogP contribution >= 0.6 is 0 Å². The molecule has 0 radical (unpaired) electrons. The molecule has 1 aromatic rings. The van der Waals surface area contributed by atoms with Crippen LogP contribution < -0.4 is 17.7 Å². The second-order valence-electron chi connectivity index (χ2n) is 3.58. The average molecular weight is 211 g/mol. The number of amidine groups is 1. The summed E-state index contributed by atoms with van der Waals surface area (Å²) >= 11 is 0. The Morgan fingerprint density at radius 1 is 1.21 bits per heavy atom. The van der Waals surface area contributed by atoms with Crippen LogP contribution in [0.25, 0.3) is 0 Å². The fourth-order valence-corrected chi connectivity index (χ4v) is 1.78. The van der Waals surface area contributed by atoms with E-state index >= 15 is 0 Å². The zero-order chi connectivity index (χ0) is 9.26. The summed E-state index contributed by atoms with van der Waals surface area (Å²) < 4.78 is 2.14. The predicted octanol–water partition coefficient (Wildman–Crippen LogP) is -2.14. The molecule has 0 aromatic heterocycles. The number of nitrogens with one attached hydrogen (secondary N) is 1. The minimum Gasteiger partial charge on any atom is -1.00 e. The molecule has 0 aliphatic carbocycles. The van der Waals surface area contributed by atoms with E-state index in [0.29, 0.717) is 0 Å². The van der Waals surface area contributed by atoms with Gasteiger partial charge in [-0.05, 0) is 11.6 Å². The number of fused-ring (bicyclic) bond motifs is 1. The van der Waals surface area contributed by atoms with Gasteiger partial charge in [0.2, 0.25) is 0 Å². The lowest BCUT2D eigenvalue weighted by Crippen LogP contribution is -3.00. The van der Waals surface area contributed by atoms with Crippen LogP contribution in [0.2, 0.25) is 0 Å². The molecule has 14 heavy (non-hydrogen) atoms. The van der Waals surface area contributed by atoms with E-state index in [4.69, 9.17) is 0 Å². The predicted molar refractivity (Wildman–Crippen MR) is 54.4 cm³/mol. The summed E-state index contributed by atoms with van der Waals surface area (Å²) in [6.07, 6.45) is 1.13. The maximum Gasteiger partial charge on any atom is 0.276 e. The quantitative estimate of drug-likeness (QED) is 0.483. The van der Waals surface area contributed by atoms with Gasteiger partial charge in [0, 0.05) is 6.42 Å². The number of benzene rings is 1. The molecule has 2 rings (SSSR count). The molecule has 1 aliphatic rings. The van der Waals surface area contributed by atoms with Crippen molar-refractivity contribution in [1.29, 1.82) is 0 Å². The highest BCUT2D eigenvalue weighted by atomic mass is 35.5. The summed E-state index contributed by atoms with van der Waals surface area (Å²) in [6, 6.07) is 8.59. The third-order valence-electron chi connectivity index (χ3n) is 2.41. The lowest BCUT2D eigenvalue weighted by Gasteiger charge is -2.15. The Labute approximate surface area is 91.1 Å². The molecule has 3 heteroatoms. The molecule has 0 fully saturated rings. The van der Waals surface area contributed by atoms with Crippen molar-refractivity contribution in [2.24, 2.45) is 0 Å². The normalized spacial score (nSPS) is 13.7.